The largest absolute Gasteiger partial charge is 0.367 e. The van der Waals surface area contributed by atoms with Crippen LogP contribution in [0.2, 0.25) is 0 Å². The van der Waals surface area contributed by atoms with Gasteiger partial charge < -0.3 is 11.1 Å². The van der Waals surface area contributed by atoms with Crippen molar-refractivity contribution in [1.82, 2.24) is 14.8 Å². The molecule has 2 rings (SSSR count). The first-order valence-corrected chi connectivity index (χ1v) is 5.26. The molecule has 0 unspecified atom stereocenters. The molecule has 0 fully saturated rings. The van der Waals surface area contributed by atoms with E-state index in [0.717, 1.165) is 0 Å². The van der Waals surface area contributed by atoms with Gasteiger partial charge in [-0.25, -0.2) is 14.1 Å². The number of halogens is 1. The van der Waals surface area contributed by atoms with Crippen LogP contribution >= 0.6 is 0 Å². The Morgan fingerprint density at radius 2 is 2.33 bits per heavy atom. The highest BCUT2D eigenvalue weighted by molar-refractivity contribution is 5.91. The predicted octanol–water partition coefficient (Wildman–Crippen LogP) is 0.947. The second-order valence-electron chi connectivity index (χ2n) is 3.76. The summed E-state index contributed by atoms with van der Waals surface area (Å²) in [6.45, 7) is 1.57. The highest BCUT2D eigenvalue weighted by atomic mass is 19.1. The van der Waals surface area contributed by atoms with Crippen molar-refractivity contribution in [2.75, 3.05) is 11.1 Å². The van der Waals surface area contributed by atoms with E-state index in [2.05, 4.69) is 15.4 Å². The Hall–Kier alpha value is -2.44. The van der Waals surface area contributed by atoms with Crippen LogP contribution in [0.3, 0.4) is 0 Å². The monoisotopic (exact) mass is 249 g/mol. The lowest BCUT2D eigenvalue weighted by molar-refractivity contribution is -0.116. The summed E-state index contributed by atoms with van der Waals surface area (Å²) < 4.78 is 14.6. The van der Waals surface area contributed by atoms with Crippen molar-refractivity contribution in [2.45, 2.75) is 13.5 Å². The fourth-order valence-corrected chi connectivity index (χ4v) is 1.46. The second kappa shape index (κ2) is 4.82. The maximum atomic E-state index is 13.3. The van der Waals surface area contributed by atoms with Gasteiger partial charge in [0.1, 0.15) is 18.7 Å². The molecule has 1 heterocycles. The Morgan fingerprint density at radius 3 is 3.00 bits per heavy atom. The predicted molar refractivity (Wildman–Crippen MR) is 64.2 cm³/mol. The van der Waals surface area contributed by atoms with E-state index < -0.39 is 0 Å². The first kappa shape index (κ1) is 12.0. The summed E-state index contributed by atoms with van der Waals surface area (Å²) in [7, 11) is 0. The summed E-state index contributed by atoms with van der Waals surface area (Å²) in [5.41, 5.74) is 6.16. The molecule has 0 saturated heterocycles. The molecule has 1 amide bonds. The number of carbonyl (C=O) groups is 1. The van der Waals surface area contributed by atoms with Gasteiger partial charge in [0.25, 0.3) is 0 Å². The molecule has 1 aromatic carbocycles. The third-order valence-electron chi connectivity index (χ3n) is 2.40. The molecule has 2 aromatic rings. The minimum Gasteiger partial charge on any atom is -0.367 e. The molecule has 18 heavy (non-hydrogen) atoms. The van der Waals surface area contributed by atoms with Crippen LogP contribution in [0.25, 0.3) is 0 Å². The van der Waals surface area contributed by atoms with Gasteiger partial charge in [0.2, 0.25) is 11.9 Å². The second-order valence-corrected chi connectivity index (χ2v) is 3.76. The maximum Gasteiger partial charge on any atom is 0.246 e. The number of nitrogens with zero attached hydrogens (tertiary/aromatic N) is 3. The lowest BCUT2D eigenvalue weighted by atomic mass is 10.2. The third-order valence-corrected chi connectivity index (χ3v) is 2.40. The minimum atomic E-state index is -0.363. The number of amides is 1. The van der Waals surface area contributed by atoms with E-state index in [1.807, 2.05) is 0 Å². The van der Waals surface area contributed by atoms with Crippen LogP contribution in [0, 0.1) is 12.7 Å². The van der Waals surface area contributed by atoms with E-state index in [1.54, 1.807) is 13.0 Å². The molecular formula is C11H12FN5O. The number of nitrogens with one attached hydrogen (secondary N) is 1. The van der Waals surface area contributed by atoms with Crippen molar-refractivity contribution in [3.05, 3.63) is 35.9 Å². The molecule has 0 radical (unpaired) electrons. The molecule has 0 spiro atoms. The van der Waals surface area contributed by atoms with Gasteiger partial charge in [-0.1, -0.05) is 6.07 Å². The van der Waals surface area contributed by atoms with Crippen LogP contribution in [-0.4, -0.2) is 20.7 Å². The first-order valence-electron chi connectivity index (χ1n) is 5.26. The number of nitrogen functional groups attached to an aromatic ring is 1. The average molecular weight is 249 g/mol. The zero-order valence-corrected chi connectivity index (χ0v) is 9.72. The van der Waals surface area contributed by atoms with Crippen LogP contribution in [0.5, 0.6) is 0 Å². The molecule has 7 heteroatoms. The van der Waals surface area contributed by atoms with E-state index in [-0.39, 0.29) is 24.2 Å². The van der Waals surface area contributed by atoms with Crippen LogP contribution in [-0.2, 0) is 11.3 Å². The van der Waals surface area contributed by atoms with Gasteiger partial charge >= 0.3 is 0 Å². The molecule has 0 aliphatic rings. The number of rotatable bonds is 3. The lowest BCUT2D eigenvalue weighted by Crippen LogP contribution is -2.19. The Morgan fingerprint density at radius 1 is 1.56 bits per heavy atom. The number of benzene rings is 1. The van der Waals surface area contributed by atoms with Gasteiger partial charge in [0.05, 0.1) is 0 Å². The lowest BCUT2D eigenvalue weighted by Gasteiger charge is -2.08. The van der Waals surface area contributed by atoms with E-state index >= 15 is 0 Å². The van der Waals surface area contributed by atoms with Crippen molar-refractivity contribution < 1.29 is 9.18 Å². The van der Waals surface area contributed by atoms with Gasteiger partial charge in [0, 0.05) is 11.3 Å². The SMILES string of the molecule is Cc1c(F)cccc1NC(=O)Cn1cnc(N)n1. The summed E-state index contributed by atoms with van der Waals surface area (Å²) in [6, 6.07) is 4.50. The smallest absolute Gasteiger partial charge is 0.246 e. The Kier molecular flexibility index (Phi) is 3.22. The van der Waals surface area contributed by atoms with Crippen LogP contribution in [0.1, 0.15) is 5.56 Å². The molecule has 0 aliphatic heterocycles. The zero-order chi connectivity index (χ0) is 13.1. The van der Waals surface area contributed by atoms with E-state index in [9.17, 15) is 9.18 Å². The molecule has 0 atom stereocenters. The maximum absolute atomic E-state index is 13.3. The number of aromatic nitrogens is 3. The fourth-order valence-electron chi connectivity index (χ4n) is 1.46. The topological polar surface area (TPSA) is 85.8 Å². The van der Waals surface area contributed by atoms with Gasteiger partial charge in [-0.05, 0) is 19.1 Å². The average Bonchev–Trinajstić information content (AvgIpc) is 2.70. The normalized spacial score (nSPS) is 10.3. The van der Waals surface area contributed by atoms with Crippen molar-refractivity contribution in [3.8, 4) is 0 Å². The number of nitrogens with two attached hydrogens (primary N) is 1. The molecule has 1 aromatic heterocycles. The van der Waals surface area contributed by atoms with Crippen LogP contribution < -0.4 is 11.1 Å². The third kappa shape index (κ3) is 2.62. The number of hydrogen-bond acceptors (Lipinski definition) is 4. The minimum absolute atomic E-state index is 0.0276. The van der Waals surface area contributed by atoms with E-state index in [1.165, 1.54) is 23.1 Å². The highest BCUT2D eigenvalue weighted by Gasteiger charge is 2.08. The number of anilines is 2. The Balaban J connectivity index is 2.05. The summed E-state index contributed by atoms with van der Waals surface area (Å²) in [6.07, 6.45) is 1.35. The molecule has 94 valence electrons. The number of carbonyl (C=O) groups excluding carboxylic acids is 1. The molecule has 0 aliphatic carbocycles. The van der Waals surface area contributed by atoms with Crippen LogP contribution in [0.15, 0.2) is 24.5 Å². The van der Waals surface area contributed by atoms with Crippen molar-refractivity contribution in [1.29, 1.82) is 0 Å². The molecule has 0 bridgehead atoms. The van der Waals surface area contributed by atoms with Gasteiger partial charge in [0.15, 0.2) is 0 Å². The quantitative estimate of drug-likeness (QED) is 0.847. The summed E-state index contributed by atoms with van der Waals surface area (Å²) >= 11 is 0. The van der Waals surface area contributed by atoms with E-state index in [0.29, 0.717) is 11.3 Å². The molecular weight excluding hydrogens is 237 g/mol. The molecule has 6 nitrogen and oxygen atoms in total. The zero-order valence-electron chi connectivity index (χ0n) is 9.72. The number of hydrogen-bond donors (Lipinski definition) is 2. The van der Waals surface area contributed by atoms with E-state index in [4.69, 9.17) is 5.73 Å². The highest BCUT2D eigenvalue weighted by Crippen LogP contribution is 2.17. The Labute approximate surface area is 103 Å². The summed E-state index contributed by atoms with van der Waals surface area (Å²) in [5, 5.41) is 6.38. The molecule has 3 N–H and O–H groups in total. The van der Waals surface area contributed by atoms with Gasteiger partial charge in [-0.15, -0.1) is 5.10 Å². The van der Waals surface area contributed by atoms with Crippen molar-refractivity contribution in [3.63, 3.8) is 0 Å². The van der Waals surface area contributed by atoms with Crippen LogP contribution in [0.4, 0.5) is 16.0 Å². The Bertz CT molecular complexity index is 581. The molecule has 0 saturated carbocycles. The fraction of sp³-hybridized carbons (Fsp3) is 0.182. The standard InChI is InChI=1S/C11H12FN5O/c1-7-8(12)3-2-4-9(7)15-10(18)5-17-6-14-11(13)16-17/h2-4,6H,5H2,1H3,(H2,13,16)(H,15,18). The van der Waals surface area contributed by atoms with Gasteiger partial charge in [-0.2, -0.15) is 0 Å². The first-order chi connectivity index (χ1) is 8.56. The summed E-state index contributed by atoms with van der Waals surface area (Å²) in [4.78, 5) is 15.4. The van der Waals surface area contributed by atoms with Crippen molar-refractivity contribution >= 4 is 17.5 Å². The summed E-state index contributed by atoms with van der Waals surface area (Å²) in [5.74, 6) is -0.587. The van der Waals surface area contributed by atoms with Crippen molar-refractivity contribution in [2.24, 2.45) is 0 Å². The van der Waals surface area contributed by atoms with Gasteiger partial charge in [-0.3, -0.25) is 4.79 Å².